The maximum Gasteiger partial charge on any atom is 0.254 e. The Labute approximate surface area is 134 Å². The lowest BCUT2D eigenvalue weighted by atomic mass is 10.2. The third kappa shape index (κ3) is 3.98. The number of carbonyl (C=O) groups excluding carboxylic acids is 1. The molecule has 2 aromatic carbocycles. The first-order valence-electron chi connectivity index (χ1n) is 7.00. The number of likely N-dealkylation sites (N-methyl/N-ethyl adjacent to an activating group) is 1. The highest BCUT2D eigenvalue weighted by Gasteiger charge is 2.15. The monoisotopic (exact) mass is 320 g/mol. The quantitative estimate of drug-likeness (QED) is 0.910. The number of hydrogen-bond acceptors (Lipinski definition) is 2. The van der Waals surface area contributed by atoms with Crippen molar-refractivity contribution >= 4 is 23.2 Å². The SMILES string of the molecule is CC(CNC(=O)c1cc(Cl)ccc1F)N(C)c1ccccc1. The van der Waals surface area contributed by atoms with E-state index in [2.05, 4.69) is 10.2 Å². The number of nitrogens with one attached hydrogen (secondary N) is 1. The topological polar surface area (TPSA) is 32.3 Å². The summed E-state index contributed by atoms with van der Waals surface area (Å²) in [4.78, 5) is 14.1. The van der Waals surface area contributed by atoms with Gasteiger partial charge in [0, 0.05) is 30.3 Å². The number of benzene rings is 2. The summed E-state index contributed by atoms with van der Waals surface area (Å²) < 4.78 is 13.6. The number of hydrogen-bond donors (Lipinski definition) is 1. The van der Waals surface area contributed by atoms with Gasteiger partial charge in [0.1, 0.15) is 5.82 Å². The zero-order chi connectivity index (χ0) is 16.1. The molecule has 0 aliphatic rings. The summed E-state index contributed by atoms with van der Waals surface area (Å²) in [5.41, 5.74) is 1.01. The molecule has 22 heavy (non-hydrogen) atoms. The first-order chi connectivity index (χ1) is 10.5. The average Bonchev–Trinajstić information content (AvgIpc) is 2.54. The van der Waals surface area contributed by atoms with Crippen LogP contribution in [0.2, 0.25) is 5.02 Å². The van der Waals surface area contributed by atoms with Gasteiger partial charge in [-0.25, -0.2) is 4.39 Å². The molecule has 0 fully saturated rings. The Balaban J connectivity index is 1.97. The van der Waals surface area contributed by atoms with Gasteiger partial charge in [0.2, 0.25) is 0 Å². The summed E-state index contributed by atoms with van der Waals surface area (Å²) in [5, 5.41) is 3.07. The summed E-state index contributed by atoms with van der Waals surface area (Å²) >= 11 is 5.80. The second kappa shape index (κ2) is 7.27. The minimum absolute atomic E-state index is 0.0398. The third-order valence-electron chi connectivity index (χ3n) is 3.56. The van der Waals surface area contributed by atoms with Gasteiger partial charge in [-0.05, 0) is 37.3 Å². The Morgan fingerprint density at radius 1 is 1.27 bits per heavy atom. The highest BCUT2D eigenvalue weighted by Crippen LogP contribution is 2.16. The molecule has 0 saturated heterocycles. The summed E-state index contributed by atoms with van der Waals surface area (Å²) in [7, 11) is 1.95. The van der Waals surface area contributed by atoms with Crippen LogP contribution in [0.15, 0.2) is 48.5 Å². The molecule has 1 N–H and O–H groups in total. The number of para-hydroxylation sites is 1. The Hall–Kier alpha value is -2.07. The molecule has 1 atom stereocenters. The van der Waals surface area contributed by atoms with Gasteiger partial charge in [0.25, 0.3) is 5.91 Å². The van der Waals surface area contributed by atoms with E-state index in [1.807, 2.05) is 44.3 Å². The van der Waals surface area contributed by atoms with Crippen LogP contribution < -0.4 is 10.2 Å². The molecular formula is C17H18ClFN2O. The normalized spacial score (nSPS) is 11.8. The van der Waals surface area contributed by atoms with Gasteiger partial charge >= 0.3 is 0 Å². The summed E-state index contributed by atoms with van der Waals surface area (Å²) in [5.74, 6) is -1.04. The van der Waals surface area contributed by atoms with Gasteiger partial charge in [0.15, 0.2) is 0 Å². The maximum absolute atomic E-state index is 13.6. The molecule has 0 aliphatic carbocycles. The minimum Gasteiger partial charge on any atom is -0.370 e. The Morgan fingerprint density at radius 2 is 1.95 bits per heavy atom. The zero-order valence-electron chi connectivity index (χ0n) is 12.5. The highest BCUT2D eigenvalue weighted by molar-refractivity contribution is 6.31. The number of amides is 1. The molecule has 0 spiro atoms. The van der Waals surface area contributed by atoms with Gasteiger partial charge in [-0.1, -0.05) is 29.8 Å². The number of halogens is 2. The van der Waals surface area contributed by atoms with E-state index in [0.29, 0.717) is 11.6 Å². The van der Waals surface area contributed by atoms with Crippen molar-refractivity contribution in [1.29, 1.82) is 0 Å². The van der Waals surface area contributed by atoms with Crippen molar-refractivity contribution in [2.45, 2.75) is 13.0 Å². The number of rotatable bonds is 5. The zero-order valence-corrected chi connectivity index (χ0v) is 13.3. The fraction of sp³-hybridized carbons (Fsp3) is 0.235. The van der Waals surface area contributed by atoms with Crippen molar-refractivity contribution in [2.75, 3.05) is 18.5 Å². The number of nitrogens with zero attached hydrogens (tertiary/aromatic N) is 1. The Kier molecular flexibility index (Phi) is 5.39. The van der Waals surface area contributed by atoms with E-state index in [-0.39, 0.29) is 11.6 Å². The molecule has 3 nitrogen and oxygen atoms in total. The van der Waals surface area contributed by atoms with E-state index in [4.69, 9.17) is 11.6 Å². The van der Waals surface area contributed by atoms with Crippen LogP contribution in [0.3, 0.4) is 0 Å². The van der Waals surface area contributed by atoms with Crippen LogP contribution in [0, 0.1) is 5.82 Å². The molecule has 1 unspecified atom stereocenters. The molecule has 0 aliphatic heterocycles. The molecule has 0 radical (unpaired) electrons. The second-order valence-corrected chi connectivity index (χ2v) is 5.57. The van der Waals surface area contributed by atoms with Gasteiger partial charge in [-0.2, -0.15) is 0 Å². The Bertz CT molecular complexity index is 648. The van der Waals surface area contributed by atoms with Crippen LogP contribution in [-0.2, 0) is 0 Å². The molecular weight excluding hydrogens is 303 g/mol. The van der Waals surface area contributed by atoms with Crippen molar-refractivity contribution in [3.8, 4) is 0 Å². The second-order valence-electron chi connectivity index (χ2n) is 5.13. The van der Waals surface area contributed by atoms with Crippen molar-refractivity contribution in [2.24, 2.45) is 0 Å². The van der Waals surface area contributed by atoms with Crippen LogP contribution in [0.1, 0.15) is 17.3 Å². The predicted octanol–water partition coefficient (Wildman–Crippen LogP) is 3.73. The fourth-order valence-corrected chi connectivity index (χ4v) is 2.23. The molecule has 0 aromatic heterocycles. The molecule has 116 valence electrons. The fourth-order valence-electron chi connectivity index (χ4n) is 2.06. The van der Waals surface area contributed by atoms with Crippen LogP contribution >= 0.6 is 11.6 Å². The van der Waals surface area contributed by atoms with E-state index in [1.54, 1.807) is 0 Å². The smallest absolute Gasteiger partial charge is 0.254 e. The van der Waals surface area contributed by atoms with E-state index in [9.17, 15) is 9.18 Å². The molecule has 0 heterocycles. The van der Waals surface area contributed by atoms with Crippen LogP contribution in [-0.4, -0.2) is 25.5 Å². The van der Waals surface area contributed by atoms with E-state index in [0.717, 1.165) is 5.69 Å². The maximum atomic E-state index is 13.6. The standard InChI is InChI=1S/C17H18ClFN2O/c1-12(21(2)14-6-4-3-5-7-14)11-20-17(22)15-10-13(18)8-9-16(15)19/h3-10,12H,11H2,1-2H3,(H,20,22). The van der Waals surface area contributed by atoms with Crippen LogP contribution in [0.25, 0.3) is 0 Å². The average molecular weight is 321 g/mol. The van der Waals surface area contributed by atoms with Gasteiger partial charge in [-0.15, -0.1) is 0 Å². The highest BCUT2D eigenvalue weighted by atomic mass is 35.5. The van der Waals surface area contributed by atoms with Gasteiger partial charge < -0.3 is 10.2 Å². The Morgan fingerprint density at radius 3 is 2.64 bits per heavy atom. The van der Waals surface area contributed by atoms with Crippen molar-refractivity contribution in [1.82, 2.24) is 5.32 Å². The van der Waals surface area contributed by atoms with Crippen molar-refractivity contribution < 1.29 is 9.18 Å². The lowest BCUT2D eigenvalue weighted by molar-refractivity contribution is 0.0947. The molecule has 1 amide bonds. The molecule has 0 saturated carbocycles. The first-order valence-corrected chi connectivity index (χ1v) is 7.38. The first kappa shape index (κ1) is 16.3. The lowest BCUT2D eigenvalue weighted by Gasteiger charge is -2.27. The number of carbonyl (C=O) groups is 1. The minimum atomic E-state index is -0.578. The molecule has 5 heteroatoms. The summed E-state index contributed by atoms with van der Waals surface area (Å²) in [6, 6.07) is 13.9. The van der Waals surface area contributed by atoms with E-state index < -0.39 is 11.7 Å². The molecule has 0 bridgehead atoms. The molecule has 2 aromatic rings. The van der Waals surface area contributed by atoms with Crippen molar-refractivity contribution in [3.05, 3.63) is 64.9 Å². The summed E-state index contributed by atoms with van der Waals surface area (Å²) in [6.45, 7) is 2.39. The summed E-state index contributed by atoms with van der Waals surface area (Å²) in [6.07, 6.45) is 0. The van der Waals surface area contributed by atoms with Crippen LogP contribution in [0.5, 0.6) is 0 Å². The third-order valence-corrected chi connectivity index (χ3v) is 3.79. The van der Waals surface area contributed by atoms with Crippen molar-refractivity contribution in [3.63, 3.8) is 0 Å². The van der Waals surface area contributed by atoms with Gasteiger partial charge in [-0.3, -0.25) is 4.79 Å². The van der Waals surface area contributed by atoms with Gasteiger partial charge in [0.05, 0.1) is 5.56 Å². The lowest BCUT2D eigenvalue weighted by Crippen LogP contribution is -2.40. The van der Waals surface area contributed by atoms with E-state index >= 15 is 0 Å². The number of anilines is 1. The van der Waals surface area contributed by atoms with E-state index in [1.165, 1.54) is 18.2 Å². The largest absolute Gasteiger partial charge is 0.370 e. The predicted molar refractivity (Wildman–Crippen MR) is 88.1 cm³/mol. The van der Waals surface area contributed by atoms with Crippen LogP contribution in [0.4, 0.5) is 10.1 Å². The molecule has 2 rings (SSSR count).